The zero-order valence-corrected chi connectivity index (χ0v) is 12.5. The first-order chi connectivity index (χ1) is 10.2. The molecule has 0 unspecified atom stereocenters. The molecule has 0 bridgehead atoms. The molecular weight excluding hydrogens is 266 g/mol. The molecule has 1 aromatic carbocycles. The summed E-state index contributed by atoms with van der Waals surface area (Å²) in [6.07, 6.45) is 0. The van der Waals surface area contributed by atoms with Gasteiger partial charge in [0.1, 0.15) is 5.69 Å². The summed E-state index contributed by atoms with van der Waals surface area (Å²) in [6.45, 7) is 7.46. The Morgan fingerprint density at radius 1 is 1.24 bits per heavy atom. The Morgan fingerprint density at radius 2 is 1.95 bits per heavy atom. The SMILES string of the molecule is CCN(CC)CCNC(=O)c1cc(=O)c2ccccc2[nH]1. The van der Waals surface area contributed by atoms with Crippen molar-refractivity contribution >= 4 is 16.8 Å². The van der Waals surface area contributed by atoms with Crippen LogP contribution in [-0.2, 0) is 0 Å². The molecule has 5 heteroatoms. The first kappa shape index (κ1) is 15.3. The maximum Gasteiger partial charge on any atom is 0.267 e. The van der Waals surface area contributed by atoms with Gasteiger partial charge in [0.15, 0.2) is 5.43 Å². The number of benzene rings is 1. The molecule has 0 spiro atoms. The first-order valence-electron chi connectivity index (χ1n) is 7.28. The van der Waals surface area contributed by atoms with Crippen molar-refractivity contribution in [2.24, 2.45) is 0 Å². The standard InChI is InChI=1S/C16H21N3O2/c1-3-19(4-2)10-9-17-16(21)14-11-15(20)12-7-5-6-8-13(12)18-14/h5-8,11H,3-4,9-10H2,1-2H3,(H,17,21)(H,18,20). The Bertz CT molecular complexity index is 675. The monoisotopic (exact) mass is 287 g/mol. The van der Waals surface area contributed by atoms with E-state index in [-0.39, 0.29) is 11.3 Å². The molecule has 0 radical (unpaired) electrons. The van der Waals surface area contributed by atoms with Crippen LogP contribution in [0, 0.1) is 0 Å². The van der Waals surface area contributed by atoms with Crippen molar-refractivity contribution in [3.05, 3.63) is 46.2 Å². The van der Waals surface area contributed by atoms with Gasteiger partial charge in [-0.15, -0.1) is 0 Å². The van der Waals surface area contributed by atoms with Crippen LogP contribution in [0.5, 0.6) is 0 Å². The summed E-state index contributed by atoms with van der Waals surface area (Å²) in [5.41, 5.74) is 0.843. The lowest BCUT2D eigenvalue weighted by Crippen LogP contribution is -2.35. The lowest BCUT2D eigenvalue weighted by Gasteiger charge is -2.17. The number of hydrogen-bond donors (Lipinski definition) is 2. The number of carbonyl (C=O) groups is 1. The molecule has 2 N–H and O–H groups in total. The van der Waals surface area contributed by atoms with Gasteiger partial charge >= 0.3 is 0 Å². The number of aromatic amines is 1. The van der Waals surface area contributed by atoms with E-state index in [1.807, 2.05) is 6.07 Å². The van der Waals surface area contributed by atoms with E-state index in [0.29, 0.717) is 23.1 Å². The van der Waals surface area contributed by atoms with Crippen LogP contribution in [0.3, 0.4) is 0 Å². The Labute approximate surface area is 124 Å². The maximum absolute atomic E-state index is 12.1. The largest absolute Gasteiger partial charge is 0.350 e. The van der Waals surface area contributed by atoms with Crippen molar-refractivity contribution in [3.63, 3.8) is 0 Å². The molecule has 0 aliphatic heterocycles. The lowest BCUT2D eigenvalue weighted by atomic mass is 10.2. The predicted molar refractivity (Wildman–Crippen MR) is 84.7 cm³/mol. The summed E-state index contributed by atoms with van der Waals surface area (Å²) >= 11 is 0. The number of carbonyl (C=O) groups excluding carboxylic acids is 1. The molecular formula is C16H21N3O2. The van der Waals surface area contributed by atoms with Gasteiger partial charge in [-0.25, -0.2) is 0 Å². The summed E-state index contributed by atoms with van der Waals surface area (Å²) in [5, 5.41) is 3.43. The van der Waals surface area contributed by atoms with Crippen LogP contribution in [-0.4, -0.2) is 42.0 Å². The molecule has 112 valence electrons. The third-order valence-electron chi connectivity index (χ3n) is 3.59. The molecule has 0 fully saturated rings. The average molecular weight is 287 g/mol. The summed E-state index contributed by atoms with van der Waals surface area (Å²) < 4.78 is 0. The van der Waals surface area contributed by atoms with Crippen molar-refractivity contribution in [1.82, 2.24) is 15.2 Å². The second-order valence-corrected chi connectivity index (χ2v) is 4.88. The van der Waals surface area contributed by atoms with Crippen molar-refractivity contribution in [3.8, 4) is 0 Å². The number of pyridine rings is 1. The smallest absolute Gasteiger partial charge is 0.267 e. The fraction of sp³-hybridized carbons (Fsp3) is 0.375. The third kappa shape index (κ3) is 3.70. The quantitative estimate of drug-likeness (QED) is 0.848. The van der Waals surface area contributed by atoms with Crippen LogP contribution >= 0.6 is 0 Å². The molecule has 0 saturated carbocycles. The van der Waals surface area contributed by atoms with Gasteiger partial charge < -0.3 is 15.2 Å². The van der Waals surface area contributed by atoms with Crippen LogP contribution in [0.15, 0.2) is 35.1 Å². The fourth-order valence-electron chi connectivity index (χ4n) is 2.28. The molecule has 21 heavy (non-hydrogen) atoms. The molecule has 2 aromatic rings. The zero-order valence-electron chi connectivity index (χ0n) is 12.5. The summed E-state index contributed by atoms with van der Waals surface area (Å²) in [6, 6.07) is 8.54. The number of amides is 1. The lowest BCUT2D eigenvalue weighted by molar-refractivity contribution is 0.0944. The van der Waals surface area contributed by atoms with Gasteiger partial charge in [0, 0.05) is 30.1 Å². The second-order valence-electron chi connectivity index (χ2n) is 4.88. The van der Waals surface area contributed by atoms with E-state index in [0.717, 1.165) is 19.6 Å². The molecule has 1 amide bonds. The summed E-state index contributed by atoms with van der Waals surface area (Å²) in [5.74, 6) is -0.245. The summed E-state index contributed by atoms with van der Waals surface area (Å²) in [7, 11) is 0. The number of nitrogens with one attached hydrogen (secondary N) is 2. The average Bonchev–Trinajstić information content (AvgIpc) is 2.51. The van der Waals surface area contributed by atoms with E-state index in [9.17, 15) is 9.59 Å². The fourth-order valence-corrected chi connectivity index (χ4v) is 2.28. The van der Waals surface area contributed by atoms with Gasteiger partial charge in [0.25, 0.3) is 5.91 Å². The Kier molecular flexibility index (Phi) is 5.11. The van der Waals surface area contributed by atoms with Gasteiger partial charge in [-0.05, 0) is 25.2 Å². The van der Waals surface area contributed by atoms with E-state index in [4.69, 9.17) is 0 Å². The Hall–Kier alpha value is -2.14. The normalized spacial score (nSPS) is 11.0. The van der Waals surface area contributed by atoms with Crippen LogP contribution in [0.4, 0.5) is 0 Å². The van der Waals surface area contributed by atoms with E-state index >= 15 is 0 Å². The maximum atomic E-state index is 12.1. The van der Waals surface area contributed by atoms with Crippen LogP contribution < -0.4 is 10.7 Å². The van der Waals surface area contributed by atoms with Crippen molar-refractivity contribution in [2.75, 3.05) is 26.2 Å². The number of nitrogens with zero attached hydrogens (tertiary/aromatic N) is 1. The van der Waals surface area contributed by atoms with Crippen LogP contribution in [0.25, 0.3) is 10.9 Å². The van der Waals surface area contributed by atoms with E-state index in [1.54, 1.807) is 18.2 Å². The molecule has 5 nitrogen and oxygen atoms in total. The van der Waals surface area contributed by atoms with Gasteiger partial charge in [0.2, 0.25) is 0 Å². The first-order valence-corrected chi connectivity index (χ1v) is 7.28. The highest BCUT2D eigenvalue weighted by Gasteiger charge is 2.09. The predicted octanol–water partition coefficient (Wildman–Crippen LogP) is 1.60. The molecule has 0 saturated heterocycles. The minimum absolute atomic E-state index is 0.141. The van der Waals surface area contributed by atoms with Crippen molar-refractivity contribution in [1.29, 1.82) is 0 Å². The second kappa shape index (κ2) is 7.04. The van der Waals surface area contributed by atoms with Crippen molar-refractivity contribution in [2.45, 2.75) is 13.8 Å². The van der Waals surface area contributed by atoms with E-state index < -0.39 is 0 Å². The highest BCUT2D eigenvalue weighted by atomic mass is 16.2. The van der Waals surface area contributed by atoms with Gasteiger partial charge in [-0.2, -0.15) is 0 Å². The number of fused-ring (bicyclic) bond motifs is 1. The van der Waals surface area contributed by atoms with Gasteiger partial charge in [0.05, 0.1) is 0 Å². The van der Waals surface area contributed by atoms with Crippen LogP contribution in [0.2, 0.25) is 0 Å². The van der Waals surface area contributed by atoms with Gasteiger partial charge in [-0.3, -0.25) is 9.59 Å². The number of rotatable bonds is 6. The molecule has 2 rings (SSSR count). The molecule has 0 aliphatic rings. The zero-order chi connectivity index (χ0) is 15.2. The molecule has 0 aliphatic carbocycles. The minimum atomic E-state index is -0.245. The van der Waals surface area contributed by atoms with E-state index in [1.165, 1.54) is 6.07 Å². The third-order valence-corrected chi connectivity index (χ3v) is 3.59. The molecule has 1 aromatic heterocycles. The Balaban J connectivity index is 2.08. The van der Waals surface area contributed by atoms with Gasteiger partial charge in [-0.1, -0.05) is 26.0 Å². The number of aromatic nitrogens is 1. The van der Waals surface area contributed by atoms with Crippen molar-refractivity contribution < 1.29 is 4.79 Å². The number of hydrogen-bond acceptors (Lipinski definition) is 3. The van der Waals surface area contributed by atoms with E-state index in [2.05, 4.69) is 29.0 Å². The number of para-hydroxylation sites is 1. The highest BCUT2D eigenvalue weighted by molar-refractivity contribution is 5.94. The number of H-pyrrole nitrogens is 1. The molecule has 0 atom stereocenters. The molecule has 1 heterocycles. The topological polar surface area (TPSA) is 65.2 Å². The summed E-state index contributed by atoms with van der Waals surface area (Å²) in [4.78, 5) is 29.3. The minimum Gasteiger partial charge on any atom is -0.350 e. The Morgan fingerprint density at radius 3 is 2.67 bits per heavy atom. The van der Waals surface area contributed by atoms with Crippen LogP contribution in [0.1, 0.15) is 24.3 Å². The highest BCUT2D eigenvalue weighted by Crippen LogP contribution is 2.07. The number of likely N-dealkylation sites (N-methyl/N-ethyl adjacent to an activating group) is 1.